The van der Waals surface area contributed by atoms with Crippen molar-refractivity contribution in [2.45, 2.75) is 12.6 Å². The molecule has 1 rings (SSSR count). The molecule has 0 N–H and O–H groups in total. The van der Waals surface area contributed by atoms with Crippen molar-refractivity contribution >= 4 is 17.4 Å². The zero-order valence-electron chi connectivity index (χ0n) is 9.06. The van der Waals surface area contributed by atoms with E-state index < -0.39 is 31.0 Å². The second-order valence-corrected chi connectivity index (χ2v) is 4.00. The predicted octanol–water partition coefficient (Wildman–Crippen LogP) is 3.17. The molecular weight excluding hydrogens is 276 g/mol. The second-order valence-electron chi connectivity index (χ2n) is 3.56. The van der Waals surface area contributed by atoms with E-state index in [-0.39, 0.29) is 17.0 Å². The minimum Gasteiger partial charge on any atom is -0.364 e. The lowest BCUT2D eigenvalue weighted by Gasteiger charge is -2.07. The molecule has 18 heavy (non-hydrogen) atoms. The van der Waals surface area contributed by atoms with Crippen molar-refractivity contribution in [3.8, 4) is 0 Å². The topological polar surface area (TPSA) is 26.3 Å². The number of carbonyl (C=O) groups is 1. The Morgan fingerprint density at radius 3 is 2.61 bits per heavy atom. The molecule has 1 aromatic rings. The van der Waals surface area contributed by atoms with Crippen LogP contribution in [0.3, 0.4) is 0 Å². The fraction of sp³-hybridized carbons (Fsp3) is 0.364. The molecule has 1 aromatic carbocycles. The fourth-order valence-corrected chi connectivity index (χ4v) is 1.42. The first-order chi connectivity index (χ1) is 8.28. The third-order valence-corrected chi connectivity index (χ3v) is 2.16. The number of benzene rings is 1. The molecule has 0 unspecified atom stereocenters. The van der Waals surface area contributed by atoms with Crippen LogP contribution in [0, 0.1) is 5.82 Å². The molecule has 100 valence electrons. The van der Waals surface area contributed by atoms with E-state index in [1.807, 2.05) is 0 Å². The molecule has 0 aliphatic heterocycles. The minimum absolute atomic E-state index is 0.0307. The summed E-state index contributed by atoms with van der Waals surface area (Å²) in [5.74, 6) is -1.29. The van der Waals surface area contributed by atoms with Crippen LogP contribution < -0.4 is 0 Å². The first-order valence-corrected chi connectivity index (χ1v) is 5.26. The largest absolute Gasteiger partial charge is 0.411 e. The van der Waals surface area contributed by atoms with Crippen molar-refractivity contribution in [3.05, 3.63) is 34.6 Å². The van der Waals surface area contributed by atoms with Crippen molar-refractivity contribution in [2.75, 3.05) is 13.2 Å². The van der Waals surface area contributed by atoms with Gasteiger partial charge in [0.25, 0.3) is 0 Å². The number of ketones is 1. The number of Topliss-reactive ketones (excluding diaryl/α,β-unsaturated/α-hetero) is 1. The smallest absolute Gasteiger partial charge is 0.364 e. The molecule has 0 bridgehead atoms. The van der Waals surface area contributed by atoms with E-state index in [0.29, 0.717) is 0 Å². The van der Waals surface area contributed by atoms with Gasteiger partial charge in [0.1, 0.15) is 19.0 Å². The monoisotopic (exact) mass is 284 g/mol. The predicted molar refractivity (Wildman–Crippen MR) is 57.0 cm³/mol. The van der Waals surface area contributed by atoms with Gasteiger partial charge in [0.2, 0.25) is 0 Å². The lowest BCUT2D eigenvalue weighted by molar-refractivity contribution is -0.175. The van der Waals surface area contributed by atoms with Crippen molar-refractivity contribution in [1.82, 2.24) is 0 Å². The van der Waals surface area contributed by atoms with Gasteiger partial charge >= 0.3 is 6.18 Å². The average molecular weight is 285 g/mol. The molecule has 0 spiro atoms. The molecule has 0 saturated heterocycles. The molecule has 0 aromatic heterocycles. The maximum Gasteiger partial charge on any atom is 0.411 e. The number of rotatable bonds is 5. The van der Waals surface area contributed by atoms with E-state index in [1.165, 1.54) is 12.1 Å². The Morgan fingerprint density at radius 1 is 1.33 bits per heavy atom. The van der Waals surface area contributed by atoms with Crippen molar-refractivity contribution in [1.29, 1.82) is 0 Å². The van der Waals surface area contributed by atoms with E-state index in [4.69, 9.17) is 11.6 Å². The highest BCUT2D eigenvalue weighted by molar-refractivity contribution is 6.30. The van der Waals surface area contributed by atoms with Crippen LogP contribution in [0.25, 0.3) is 0 Å². The van der Waals surface area contributed by atoms with E-state index in [9.17, 15) is 22.4 Å². The molecule has 0 atom stereocenters. The van der Waals surface area contributed by atoms with Crippen LogP contribution in [0.1, 0.15) is 5.56 Å². The van der Waals surface area contributed by atoms with Crippen LogP contribution in [0.15, 0.2) is 18.2 Å². The van der Waals surface area contributed by atoms with Gasteiger partial charge in [-0.15, -0.1) is 0 Å². The summed E-state index contributed by atoms with van der Waals surface area (Å²) in [4.78, 5) is 11.3. The Bertz CT molecular complexity index is 432. The maximum atomic E-state index is 13.2. The normalized spacial score (nSPS) is 11.6. The highest BCUT2D eigenvalue weighted by Gasteiger charge is 2.27. The first kappa shape index (κ1) is 14.9. The fourth-order valence-electron chi connectivity index (χ4n) is 1.22. The number of halogens is 5. The van der Waals surface area contributed by atoms with Crippen LogP contribution in [0.2, 0.25) is 5.02 Å². The third kappa shape index (κ3) is 5.46. The maximum absolute atomic E-state index is 13.2. The van der Waals surface area contributed by atoms with Gasteiger partial charge in [0.15, 0.2) is 5.78 Å². The van der Waals surface area contributed by atoms with Crippen molar-refractivity contribution in [2.24, 2.45) is 0 Å². The van der Waals surface area contributed by atoms with Crippen LogP contribution in [0.4, 0.5) is 17.6 Å². The van der Waals surface area contributed by atoms with Gasteiger partial charge in [0, 0.05) is 11.4 Å². The Balaban J connectivity index is 2.47. The highest BCUT2D eigenvalue weighted by Crippen LogP contribution is 2.16. The summed E-state index contributed by atoms with van der Waals surface area (Å²) in [5.41, 5.74) is 0.0307. The lowest BCUT2D eigenvalue weighted by atomic mass is 10.1. The van der Waals surface area contributed by atoms with E-state index in [1.54, 1.807) is 0 Å². The quantitative estimate of drug-likeness (QED) is 0.776. The van der Waals surface area contributed by atoms with Crippen LogP contribution >= 0.6 is 11.6 Å². The van der Waals surface area contributed by atoms with E-state index in [2.05, 4.69) is 4.74 Å². The van der Waals surface area contributed by atoms with Crippen LogP contribution in [-0.4, -0.2) is 25.2 Å². The lowest BCUT2D eigenvalue weighted by Crippen LogP contribution is -2.21. The molecule has 7 heteroatoms. The summed E-state index contributed by atoms with van der Waals surface area (Å²) < 4.78 is 52.6. The van der Waals surface area contributed by atoms with Gasteiger partial charge in [-0.2, -0.15) is 13.2 Å². The van der Waals surface area contributed by atoms with Gasteiger partial charge in [-0.1, -0.05) is 11.6 Å². The second kappa shape index (κ2) is 6.15. The number of carbonyl (C=O) groups excluding carboxylic acids is 1. The highest BCUT2D eigenvalue weighted by atomic mass is 35.5. The summed E-state index contributed by atoms with van der Waals surface area (Å²) in [6.45, 7) is -2.22. The van der Waals surface area contributed by atoms with Gasteiger partial charge in [-0.05, 0) is 23.8 Å². The molecule has 0 heterocycles. The zero-order chi connectivity index (χ0) is 13.8. The summed E-state index contributed by atoms with van der Waals surface area (Å²) in [7, 11) is 0. The number of alkyl halides is 3. The summed E-state index contributed by atoms with van der Waals surface area (Å²) in [6.07, 6.45) is -4.84. The zero-order valence-corrected chi connectivity index (χ0v) is 9.82. The van der Waals surface area contributed by atoms with E-state index >= 15 is 0 Å². The Morgan fingerprint density at radius 2 is 2.00 bits per heavy atom. The Kier molecular flexibility index (Phi) is 5.10. The molecule has 0 saturated carbocycles. The number of ether oxygens (including phenoxy) is 1. The SMILES string of the molecule is O=C(COCC(F)(F)F)Cc1cc(Cl)ccc1F. The van der Waals surface area contributed by atoms with Crippen molar-refractivity contribution < 1.29 is 27.1 Å². The number of hydrogen-bond donors (Lipinski definition) is 0. The van der Waals surface area contributed by atoms with Crippen molar-refractivity contribution in [3.63, 3.8) is 0 Å². The van der Waals surface area contributed by atoms with Gasteiger partial charge in [-0.25, -0.2) is 4.39 Å². The molecule has 0 aliphatic carbocycles. The minimum atomic E-state index is -4.48. The first-order valence-electron chi connectivity index (χ1n) is 4.88. The molecule has 2 nitrogen and oxygen atoms in total. The van der Waals surface area contributed by atoms with Crippen LogP contribution in [-0.2, 0) is 16.0 Å². The third-order valence-electron chi connectivity index (χ3n) is 1.92. The molecule has 0 aliphatic rings. The Labute approximate surface area is 105 Å². The standard InChI is InChI=1S/C11H9ClF4O2/c12-8-1-2-10(13)7(3-8)4-9(17)5-18-6-11(14,15)16/h1-3H,4-6H2. The van der Waals surface area contributed by atoms with Gasteiger partial charge in [0.05, 0.1) is 0 Å². The summed E-state index contributed by atoms with van der Waals surface area (Å²) in [6, 6.07) is 3.64. The van der Waals surface area contributed by atoms with Gasteiger partial charge in [-0.3, -0.25) is 4.79 Å². The molecular formula is C11H9ClF4O2. The molecule has 0 fully saturated rings. The number of hydrogen-bond acceptors (Lipinski definition) is 2. The van der Waals surface area contributed by atoms with Crippen LogP contribution in [0.5, 0.6) is 0 Å². The summed E-state index contributed by atoms with van der Waals surface area (Å²) in [5, 5.41) is 0.246. The summed E-state index contributed by atoms with van der Waals surface area (Å²) >= 11 is 5.61. The molecule has 0 radical (unpaired) electrons. The molecule has 0 amide bonds. The van der Waals surface area contributed by atoms with E-state index in [0.717, 1.165) is 6.07 Å². The van der Waals surface area contributed by atoms with Gasteiger partial charge < -0.3 is 4.74 Å². The Hall–Kier alpha value is -1.14. The average Bonchev–Trinajstić information content (AvgIpc) is 2.21.